The maximum Gasteiger partial charge on any atom is 0.243 e. The van der Waals surface area contributed by atoms with Gasteiger partial charge in [0.15, 0.2) is 0 Å². The lowest BCUT2D eigenvalue weighted by Gasteiger charge is -2.27. The normalized spacial score (nSPS) is 13.9. The van der Waals surface area contributed by atoms with Crippen molar-refractivity contribution in [2.45, 2.75) is 30.8 Å². The molecule has 0 radical (unpaired) electrons. The monoisotopic (exact) mass is 488 g/mol. The predicted octanol–water partition coefficient (Wildman–Crippen LogP) is 5.03. The topological polar surface area (TPSA) is 57.7 Å². The number of sulfonamides is 1. The van der Waals surface area contributed by atoms with E-state index in [1.165, 1.54) is 16.4 Å². The van der Waals surface area contributed by atoms with E-state index < -0.39 is 10.0 Å². The van der Waals surface area contributed by atoms with Gasteiger partial charge in [-0.25, -0.2) is 8.42 Å². The minimum absolute atomic E-state index is 0.156. The van der Waals surface area contributed by atoms with Crippen molar-refractivity contribution >= 4 is 38.9 Å². The van der Waals surface area contributed by atoms with Crippen molar-refractivity contribution in [2.24, 2.45) is 5.92 Å². The summed E-state index contributed by atoms with van der Waals surface area (Å²) in [6, 6.07) is 19.8. The van der Waals surface area contributed by atoms with Crippen molar-refractivity contribution in [1.82, 2.24) is 9.21 Å². The molecule has 1 amide bonds. The van der Waals surface area contributed by atoms with Gasteiger partial charge in [-0.3, -0.25) is 4.79 Å². The second kappa shape index (κ2) is 10.2. The van der Waals surface area contributed by atoms with E-state index in [4.69, 9.17) is 11.6 Å². The van der Waals surface area contributed by atoms with Gasteiger partial charge >= 0.3 is 0 Å². The molecule has 1 aliphatic carbocycles. The van der Waals surface area contributed by atoms with Gasteiger partial charge in [0.05, 0.1) is 18.0 Å². The first-order chi connectivity index (χ1) is 15.4. The van der Waals surface area contributed by atoms with Crippen molar-refractivity contribution in [1.29, 1.82) is 0 Å². The van der Waals surface area contributed by atoms with E-state index in [-0.39, 0.29) is 17.3 Å². The van der Waals surface area contributed by atoms with Gasteiger partial charge in [-0.2, -0.15) is 4.31 Å². The smallest absolute Gasteiger partial charge is 0.243 e. The summed E-state index contributed by atoms with van der Waals surface area (Å²) in [6.45, 7) is 1.05. The van der Waals surface area contributed by atoms with E-state index in [0.29, 0.717) is 30.6 Å². The van der Waals surface area contributed by atoms with Gasteiger partial charge in [-0.05, 0) is 60.0 Å². The molecule has 1 saturated carbocycles. The van der Waals surface area contributed by atoms with Crippen molar-refractivity contribution in [2.75, 3.05) is 13.1 Å². The highest BCUT2D eigenvalue weighted by Crippen LogP contribution is 2.32. The second-order valence-corrected chi connectivity index (χ2v) is 11.4. The Morgan fingerprint density at radius 2 is 1.69 bits per heavy atom. The average Bonchev–Trinajstić information content (AvgIpc) is 3.46. The maximum absolute atomic E-state index is 13.4. The molecule has 0 unspecified atom stereocenters. The van der Waals surface area contributed by atoms with Crippen LogP contribution < -0.4 is 0 Å². The van der Waals surface area contributed by atoms with Crippen LogP contribution in [0.5, 0.6) is 0 Å². The summed E-state index contributed by atoms with van der Waals surface area (Å²) >= 11 is 7.52. The number of thiophene rings is 1. The predicted molar refractivity (Wildman–Crippen MR) is 128 cm³/mol. The lowest BCUT2D eigenvalue weighted by molar-refractivity contribution is -0.132. The van der Waals surface area contributed by atoms with Gasteiger partial charge < -0.3 is 4.90 Å². The first-order valence-corrected chi connectivity index (χ1v) is 13.2. The van der Waals surface area contributed by atoms with E-state index in [9.17, 15) is 13.2 Å². The summed E-state index contributed by atoms with van der Waals surface area (Å²) in [6.07, 6.45) is 1.98. The molecule has 1 heterocycles. The highest BCUT2D eigenvalue weighted by atomic mass is 35.5. The molecule has 0 saturated heterocycles. The van der Waals surface area contributed by atoms with Crippen LogP contribution in [0, 0.1) is 5.92 Å². The molecule has 0 aliphatic heterocycles. The van der Waals surface area contributed by atoms with Crippen LogP contribution in [0.2, 0.25) is 5.02 Å². The van der Waals surface area contributed by atoms with Gasteiger partial charge in [0.1, 0.15) is 0 Å². The fraction of sp³-hybridized carbons (Fsp3) is 0.292. The summed E-state index contributed by atoms with van der Waals surface area (Å²) in [5, 5.41) is 2.45. The molecule has 0 N–H and O–H groups in total. The number of nitrogens with zero attached hydrogens (tertiary/aromatic N) is 2. The molecule has 8 heteroatoms. The van der Waals surface area contributed by atoms with Crippen LogP contribution in [0.4, 0.5) is 0 Å². The maximum atomic E-state index is 13.4. The third-order valence-electron chi connectivity index (χ3n) is 5.42. The zero-order valence-corrected chi connectivity index (χ0v) is 20.0. The average molecular weight is 489 g/mol. The van der Waals surface area contributed by atoms with Crippen LogP contribution in [0.1, 0.15) is 23.3 Å². The molecule has 1 aliphatic rings. The molecular weight excluding hydrogens is 464 g/mol. The van der Waals surface area contributed by atoms with Gasteiger partial charge in [-0.1, -0.05) is 48.0 Å². The second-order valence-electron chi connectivity index (χ2n) is 8.01. The SMILES string of the molecule is O=C(CN(CC1CC1)S(=O)(=O)c1ccc(Cl)cc1)N(Cc1ccccc1)Cc1cccs1. The third-order valence-corrected chi connectivity index (χ3v) is 8.36. The first kappa shape index (κ1) is 23.0. The number of rotatable bonds is 10. The summed E-state index contributed by atoms with van der Waals surface area (Å²) in [4.78, 5) is 16.4. The largest absolute Gasteiger partial charge is 0.332 e. The number of carbonyl (C=O) groups is 1. The molecule has 4 rings (SSSR count). The van der Waals surface area contributed by atoms with Crippen LogP contribution in [-0.2, 0) is 27.9 Å². The number of hydrogen-bond acceptors (Lipinski definition) is 4. The summed E-state index contributed by atoms with van der Waals surface area (Å²) in [7, 11) is -3.81. The minimum atomic E-state index is -3.81. The van der Waals surface area contributed by atoms with Crippen molar-refractivity contribution in [3.8, 4) is 0 Å². The Bertz CT molecular complexity index is 1130. The van der Waals surface area contributed by atoms with E-state index in [1.807, 2.05) is 47.8 Å². The first-order valence-electron chi connectivity index (χ1n) is 10.5. The molecular formula is C24H25ClN2O3S2. The molecule has 168 valence electrons. The van der Waals surface area contributed by atoms with E-state index in [2.05, 4.69) is 0 Å². The molecule has 3 aromatic rings. The standard InChI is InChI=1S/C24H25ClN2O3S2/c25-21-10-12-23(13-11-21)32(29,30)27(16-20-8-9-20)18-24(28)26(17-22-7-4-14-31-22)15-19-5-2-1-3-6-19/h1-7,10-14,20H,8-9,15-18H2. The summed E-state index contributed by atoms with van der Waals surface area (Å²) in [5.41, 5.74) is 1.01. The Balaban J connectivity index is 1.57. The molecule has 5 nitrogen and oxygen atoms in total. The minimum Gasteiger partial charge on any atom is -0.332 e. The lowest BCUT2D eigenvalue weighted by atomic mass is 10.2. The molecule has 1 fully saturated rings. The van der Waals surface area contributed by atoms with Crippen molar-refractivity contribution < 1.29 is 13.2 Å². The molecule has 2 aromatic carbocycles. The molecule has 0 atom stereocenters. The van der Waals surface area contributed by atoms with Gasteiger partial charge in [-0.15, -0.1) is 11.3 Å². The van der Waals surface area contributed by atoms with Crippen LogP contribution in [0.3, 0.4) is 0 Å². The Hall–Kier alpha value is -2.19. The van der Waals surface area contributed by atoms with Crippen LogP contribution in [-0.4, -0.2) is 36.6 Å². The number of benzene rings is 2. The number of hydrogen-bond donors (Lipinski definition) is 0. The quantitative estimate of drug-likeness (QED) is 0.402. The number of halogens is 1. The van der Waals surface area contributed by atoms with E-state index in [0.717, 1.165) is 23.3 Å². The zero-order valence-electron chi connectivity index (χ0n) is 17.6. The molecule has 1 aromatic heterocycles. The van der Waals surface area contributed by atoms with Crippen molar-refractivity contribution in [3.05, 3.63) is 87.6 Å². The fourth-order valence-corrected chi connectivity index (χ4v) is 5.78. The van der Waals surface area contributed by atoms with Gasteiger partial charge in [0.2, 0.25) is 15.9 Å². The Labute approximate surface area is 198 Å². The van der Waals surface area contributed by atoms with Crippen LogP contribution in [0.25, 0.3) is 0 Å². The van der Waals surface area contributed by atoms with Gasteiger partial charge in [0.25, 0.3) is 0 Å². The lowest BCUT2D eigenvalue weighted by Crippen LogP contribution is -2.43. The summed E-state index contributed by atoms with van der Waals surface area (Å²) < 4.78 is 28.0. The van der Waals surface area contributed by atoms with E-state index >= 15 is 0 Å². The number of carbonyl (C=O) groups excluding carboxylic acids is 1. The van der Waals surface area contributed by atoms with Crippen LogP contribution >= 0.6 is 22.9 Å². The van der Waals surface area contributed by atoms with Crippen molar-refractivity contribution in [3.63, 3.8) is 0 Å². The fourth-order valence-electron chi connectivity index (χ4n) is 3.47. The highest BCUT2D eigenvalue weighted by Gasteiger charge is 2.34. The Morgan fingerprint density at radius 1 is 0.969 bits per heavy atom. The Kier molecular flexibility index (Phi) is 7.30. The van der Waals surface area contributed by atoms with Crippen LogP contribution in [0.15, 0.2) is 77.0 Å². The highest BCUT2D eigenvalue weighted by molar-refractivity contribution is 7.89. The molecule has 32 heavy (non-hydrogen) atoms. The zero-order chi connectivity index (χ0) is 22.6. The molecule has 0 bridgehead atoms. The molecule has 0 spiro atoms. The summed E-state index contributed by atoms with van der Waals surface area (Å²) in [5.74, 6) is 0.102. The number of amides is 1. The Morgan fingerprint density at radius 3 is 2.31 bits per heavy atom. The third kappa shape index (κ3) is 5.98. The van der Waals surface area contributed by atoms with Gasteiger partial charge in [0, 0.05) is 23.0 Å². The van der Waals surface area contributed by atoms with E-state index in [1.54, 1.807) is 28.4 Å².